The number of halogens is 4. The van der Waals surface area contributed by atoms with Gasteiger partial charge in [-0.15, -0.1) is 13.2 Å². The minimum atomic E-state index is -4.78. The number of nitrogens with two attached hydrogens (primary N) is 1. The third-order valence-electron chi connectivity index (χ3n) is 5.33. The Bertz CT molecular complexity index is 1320. The third kappa shape index (κ3) is 5.91. The highest BCUT2D eigenvalue weighted by molar-refractivity contribution is 8.00. The highest BCUT2D eigenvalue weighted by Gasteiger charge is 2.31. The van der Waals surface area contributed by atoms with Gasteiger partial charge in [-0.2, -0.15) is 0 Å². The number of hydrogen-bond donors (Lipinski definition) is 1. The molecule has 1 unspecified atom stereocenters. The number of carbonyl (C=O) groups excluding carboxylic acids is 1. The van der Waals surface area contributed by atoms with Crippen LogP contribution in [0.3, 0.4) is 0 Å². The quantitative estimate of drug-likeness (QED) is 0.261. The first-order valence-corrected chi connectivity index (χ1v) is 11.4. The predicted molar refractivity (Wildman–Crippen MR) is 123 cm³/mol. The summed E-state index contributed by atoms with van der Waals surface area (Å²) in [6.07, 6.45) is -3.18. The number of ether oxygens (including phenoxy) is 1. The number of rotatable bonds is 8. The summed E-state index contributed by atoms with van der Waals surface area (Å²) in [5.41, 5.74) is 8.27. The molecule has 0 radical (unpaired) electrons. The van der Waals surface area contributed by atoms with Crippen molar-refractivity contribution >= 4 is 28.8 Å². The number of nitrogens with zero attached hydrogens (tertiary/aromatic N) is 3. The van der Waals surface area contributed by atoms with Crippen molar-refractivity contribution in [1.82, 2.24) is 14.5 Å². The molecular formula is C24H20F4N4O2S. The van der Waals surface area contributed by atoms with Gasteiger partial charge < -0.3 is 10.5 Å². The number of alkyl halides is 3. The molecule has 6 nitrogen and oxygen atoms in total. The second-order valence-corrected chi connectivity index (χ2v) is 8.91. The van der Waals surface area contributed by atoms with Gasteiger partial charge in [0.25, 0.3) is 0 Å². The summed E-state index contributed by atoms with van der Waals surface area (Å²) in [5.74, 6) is -1.62. The fourth-order valence-electron chi connectivity index (χ4n) is 3.61. The largest absolute Gasteiger partial charge is 0.573 e. The van der Waals surface area contributed by atoms with Gasteiger partial charge in [0.15, 0.2) is 10.8 Å². The summed E-state index contributed by atoms with van der Waals surface area (Å²) in [6.45, 7) is 2.05. The number of thioether (sulfide) groups is 1. The lowest BCUT2D eigenvalue weighted by atomic mass is 9.97. The second-order valence-electron chi connectivity index (χ2n) is 7.80. The van der Waals surface area contributed by atoms with Crippen molar-refractivity contribution in [2.24, 2.45) is 5.73 Å². The average molecular weight is 505 g/mol. The third-order valence-corrected chi connectivity index (χ3v) is 6.75. The van der Waals surface area contributed by atoms with E-state index in [1.54, 1.807) is 35.0 Å². The zero-order chi connectivity index (χ0) is 25.2. The minimum absolute atomic E-state index is 0.235. The van der Waals surface area contributed by atoms with Gasteiger partial charge in [0.1, 0.15) is 17.1 Å². The Morgan fingerprint density at radius 1 is 1.11 bits per heavy atom. The van der Waals surface area contributed by atoms with Crippen molar-refractivity contribution in [3.05, 3.63) is 83.8 Å². The summed E-state index contributed by atoms with van der Waals surface area (Å²) < 4.78 is 56.5. The molecule has 0 spiro atoms. The zero-order valence-electron chi connectivity index (χ0n) is 18.4. The molecule has 0 bridgehead atoms. The number of aromatic nitrogens is 3. The van der Waals surface area contributed by atoms with Crippen LogP contribution in [0.15, 0.2) is 72.0 Å². The maximum atomic E-state index is 13.4. The van der Waals surface area contributed by atoms with E-state index in [0.29, 0.717) is 21.9 Å². The molecule has 2 aromatic carbocycles. The smallest absolute Gasteiger partial charge is 0.406 e. The van der Waals surface area contributed by atoms with Crippen molar-refractivity contribution in [2.45, 2.75) is 36.2 Å². The van der Waals surface area contributed by atoms with Gasteiger partial charge >= 0.3 is 6.36 Å². The maximum Gasteiger partial charge on any atom is 0.573 e. The number of primary amides is 1. The van der Waals surface area contributed by atoms with E-state index >= 15 is 0 Å². The molecule has 2 atom stereocenters. The SMILES string of the molecule is C[C@@H](c1ccc(F)cc1)C(Sc1nc2cccnc2n1Cc1ccc(OC(F)(F)F)cc1)C(N)=O. The molecule has 182 valence electrons. The molecule has 0 aliphatic carbocycles. The number of imidazole rings is 1. The van der Waals surface area contributed by atoms with E-state index < -0.39 is 17.5 Å². The number of hydrogen-bond acceptors (Lipinski definition) is 5. The Morgan fingerprint density at radius 3 is 2.43 bits per heavy atom. The van der Waals surface area contributed by atoms with Gasteiger partial charge in [0, 0.05) is 12.1 Å². The predicted octanol–water partition coefficient (Wildman–Crippen LogP) is 5.27. The van der Waals surface area contributed by atoms with Crippen molar-refractivity contribution in [3.63, 3.8) is 0 Å². The molecule has 4 aromatic rings. The van der Waals surface area contributed by atoms with E-state index in [1.165, 1.54) is 36.4 Å². The summed E-state index contributed by atoms with van der Waals surface area (Å²) >= 11 is 1.16. The Morgan fingerprint density at radius 2 is 1.80 bits per heavy atom. The van der Waals surface area contributed by atoms with Gasteiger partial charge in [-0.05, 0) is 47.5 Å². The molecule has 2 heterocycles. The van der Waals surface area contributed by atoms with Crippen LogP contribution in [0.5, 0.6) is 5.75 Å². The van der Waals surface area contributed by atoms with Crippen LogP contribution in [-0.4, -0.2) is 32.1 Å². The zero-order valence-corrected chi connectivity index (χ0v) is 19.2. The Kier molecular flexibility index (Phi) is 6.97. The Labute approximate surface area is 202 Å². The van der Waals surface area contributed by atoms with Crippen LogP contribution >= 0.6 is 11.8 Å². The number of fused-ring (bicyclic) bond motifs is 1. The van der Waals surface area contributed by atoms with E-state index in [0.717, 1.165) is 17.3 Å². The van der Waals surface area contributed by atoms with E-state index in [2.05, 4.69) is 14.7 Å². The van der Waals surface area contributed by atoms with Gasteiger partial charge in [-0.3, -0.25) is 9.36 Å². The molecule has 1 amide bonds. The number of carbonyl (C=O) groups is 1. The van der Waals surface area contributed by atoms with Crippen LogP contribution in [0.25, 0.3) is 11.2 Å². The minimum Gasteiger partial charge on any atom is -0.406 e. The highest BCUT2D eigenvalue weighted by atomic mass is 32.2. The van der Waals surface area contributed by atoms with Crippen LogP contribution in [0.2, 0.25) is 0 Å². The molecule has 2 aromatic heterocycles. The maximum absolute atomic E-state index is 13.4. The Hall–Kier alpha value is -3.60. The van der Waals surface area contributed by atoms with E-state index in [4.69, 9.17) is 5.73 Å². The van der Waals surface area contributed by atoms with Crippen LogP contribution in [0, 0.1) is 5.82 Å². The highest BCUT2D eigenvalue weighted by Crippen LogP contribution is 2.35. The van der Waals surface area contributed by atoms with Gasteiger partial charge in [0.2, 0.25) is 5.91 Å². The topological polar surface area (TPSA) is 83.0 Å². The van der Waals surface area contributed by atoms with Crippen molar-refractivity contribution < 1.29 is 27.1 Å². The van der Waals surface area contributed by atoms with E-state index in [1.807, 2.05) is 6.92 Å². The molecule has 35 heavy (non-hydrogen) atoms. The first-order valence-electron chi connectivity index (χ1n) is 10.5. The molecule has 0 aliphatic heterocycles. The van der Waals surface area contributed by atoms with Crippen LogP contribution in [0.1, 0.15) is 24.0 Å². The summed E-state index contributed by atoms with van der Waals surface area (Å²) in [7, 11) is 0. The van der Waals surface area contributed by atoms with Crippen molar-refractivity contribution in [2.75, 3.05) is 0 Å². The number of benzene rings is 2. The number of pyridine rings is 1. The first-order chi connectivity index (χ1) is 16.6. The molecule has 2 N–H and O–H groups in total. The summed E-state index contributed by atoms with van der Waals surface area (Å²) in [6, 6.07) is 14.8. The average Bonchev–Trinajstić information content (AvgIpc) is 3.14. The van der Waals surface area contributed by atoms with Gasteiger partial charge in [-0.25, -0.2) is 14.4 Å². The summed E-state index contributed by atoms with van der Waals surface area (Å²) in [5, 5.41) is -0.259. The molecule has 0 saturated carbocycles. The van der Waals surface area contributed by atoms with Crippen LogP contribution < -0.4 is 10.5 Å². The molecule has 0 saturated heterocycles. The van der Waals surface area contributed by atoms with Crippen molar-refractivity contribution in [1.29, 1.82) is 0 Å². The fourth-order valence-corrected chi connectivity index (χ4v) is 4.74. The number of amides is 1. The lowest BCUT2D eigenvalue weighted by molar-refractivity contribution is -0.274. The van der Waals surface area contributed by atoms with Gasteiger partial charge in [0.05, 0.1) is 11.8 Å². The lowest BCUT2D eigenvalue weighted by Gasteiger charge is -2.21. The Balaban J connectivity index is 1.65. The van der Waals surface area contributed by atoms with Crippen LogP contribution in [0.4, 0.5) is 17.6 Å². The van der Waals surface area contributed by atoms with E-state index in [9.17, 15) is 22.4 Å². The normalized spacial score (nSPS) is 13.5. The van der Waals surface area contributed by atoms with E-state index in [-0.39, 0.29) is 24.0 Å². The molecule has 4 rings (SSSR count). The monoisotopic (exact) mass is 504 g/mol. The lowest BCUT2D eigenvalue weighted by Crippen LogP contribution is -2.30. The standard InChI is InChI=1S/C24H20F4N4O2S/c1-14(16-6-8-17(25)9-7-16)20(21(29)33)35-23-31-19-3-2-12-30-22(19)32(23)13-15-4-10-18(11-5-15)34-24(26,27)28/h2-12,14,20H,13H2,1H3,(H2,29,33)/t14-,20?/m0/s1. The molecule has 11 heteroatoms. The van der Waals surface area contributed by atoms with Crippen molar-refractivity contribution in [3.8, 4) is 5.75 Å². The van der Waals surface area contributed by atoms with Crippen LogP contribution in [-0.2, 0) is 11.3 Å². The molecule has 0 aliphatic rings. The fraction of sp³-hybridized carbons (Fsp3) is 0.208. The first kappa shape index (κ1) is 24.5. The second kappa shape index (κ2) is 9.95. The molecule has 0 fully saturated rings. The van der Waals surface area contributed by atoms with Gasteiger partial charge in [-0.1, -0.05) is 43.0 Å². The molecular weight excluding hydrogens is 484 g/mol. The summed E-state index contributed by atoms with van der Waals surface area (Å²) in [4.78, 5) is 21.4.